The standard InChI is InChI=1S/C15H19N5O3/c1-7-5-11(21)17-15-13(7)14(18-20(15)4)16-12(22)6-10-8(2)19-23-9(10)3/h7H,5-6H2,1-4H3,(H,17,21)(H,16,18,22). The highest BCUT2D eigenvalue weighted by molar-refractivity contribution is 5.98. The number of anilines is 2. The highest BCUT2D eigenvalue weighted by atomic mass is 16.5. The van der Waals surface area contributed by atoms with Crippen molar-refractivity contribution in [3.8, 4) is 0 Å². The van der Waals surface area contributed by atoms with E-state index in [2.05, 4.69) is 20.9 Å². The maximum Gasteiger partial charge on any atom is 0.230 e. The van der Waals surface area contributed by atoms with Crippen molar-refractivity contribution < 1.29 is 14.1 Å². The van der Waals surface area contributed by atoms with E-state index in [0.717, 1.165) is 11.1 Å². The van der Waals surface area contributed by atoms with Crippen molar-refractivity contribution in [1.82, 2.24) is 14.9 Å². The van der Waals surface area contributed by atoms with Crippen molar-refractivity contribution in [1.29, 1.82) is 0 Å². The predicted molar refractivity (Wildman–Crippen MR) is 83.2 cm³/mol. The van der Waals surface area contributed by atoms with E-state index >= 15 is 0 Å². The summed E-state index contributed by atoms with van der Waals surface area (Å²) in [4.78, 5) is 24.0. The Kier molecular flexibility index (Phi) is 3.67. The molecular weight excluding hydrogens is 298 g/mol. The average Bonchev–Trinajstić information content (AvgIpc) is 2.93. The van der Waals surface area contributed by atoms with Crippen LogP contribution in [0.3, 0.4) is 0 Å². The molecule has 122 valence electrons. The van der Waals surface area contributed by atoms with Crippen LogP contribution in [0.1, 0.15) is 41.8 Å². The zero-order chi connectivity index (χ0) is 16.7. The van der Waals surface area contributed by atoms with Crippen molar-refractivity contribution in [2.45, 2.75) is 39.5 Å². The molecule has 23 heavy (non-hydrogen) atoms. The van der Waals surface area contributed by atoms with E-state index in [0.29, 0.717) is 29.5 Å². The van der Waals surface area contributed by atoms with Crippen LogP contribution >= 0.6 is 0 Å². The molecule has 0 saturated carbocycles. The number of hydrogen-bond acceptors (Lipinski definition) is 5. The van der Waals surface area contributed by atoms with Crippen molar-refractivity contribution >= 4 is 23.5 Å². The fourth-order valence-corrected chi connectivity index (χ4v) is 2.90. The normalized spacial score (nSPS) is 16.9. The monoisotopic (exact) mass is 317 g/mol. The van der Waals surface area contributed by atoms with Gasteiger partial charge in [-0.2, -0.15) is 5.10 Å². The third-order valence-electron chi connectivity index (χ3n) is 4.10. The summed E-state index contributed by atoms with van der Waals surface area (Å²) in [5.41, 5.74) is 2.36. The Labute approximate surface area is 133 Å². The molecule has 2 N–H and O–H groups in total. The lowest BCUT2D eigenvalue weighted by molar-refractivity contribution is -0.117. The molecule has 0 fully saturated rings. The molecule has 0 spiro atoms. The Morgan fingerprint density at radius 3 is 2.87 bits per heavy atom. The predicted octanol–water partition coefficient (Wildman–Crippen LogP) is 1.65. The fraction of sp³-hybridized carbons (Fsp3) is 0.467. The number of nitrogens with one attached hydrogen (secondary N) is 2. The first-order chi connectivity index (χ1) is 10.9. The summed E-state index contributed by atoms with van der Waals surface area (Å²) < 4.78 is 6.65. The van der Waals surface area contributed by atoms with Crippen molar-refractivity contribution in [2.24, 2.45) is 7.05 Å². The molecule has 8 nitrogen and oxygen atoms in total. The van der Waals surface area contributed by atoms with Gasteiger partial charge in [0.2, 0.25) is 11.8 Å². The Morgan fingerprint density at radius 1 is 1.48 bits per heavy atom. The minimum absolute atomic E-state index is 0.00168. The van der Waals surface area contributed by atoms with Gasteiger partial charge in [0.05, 0.1) is 12.1 Å². The molecule has 3 heterocycles. The summed E-state index contributed by atoms with van der Waals surface area (Å²) in [7, 11) is 1.74. The summed E-state index contributed by atoms with van der Waals surface area (Å²) in [5.74, 6) is 1.54. The number of rotatable bonds is 3. The van der Waals surface area contributed by atoms with Crippen LogP contribution in [0.4, 0.5) is 11.6 Å². The van der Waals surface area contributed by atoms with Crippen molar-refractivity contribution in [3.05, 3.63) is 22.6 Å². The van der Waals surface area contributed by atoms with Gasteiger partial charge in [-0.1, -0.05) is 12.1 Å². The SMILES string of the molecule is Cc1noc(C)c1CC(=O)Nc1nn(C)c2c1C(C)CC(=O)N2. The average molecular weight is 317 g/mol. The third kappa shape index (κ3) is 2.71. The Hall–Kier alpha value is -2.64. The molecule has 1 unspecified atom stereocenters. The maximum absolute atomic E-state index is 12.3. The Balaban J connectivity index is 1.83. The molecule has 0 aliphatic carbocycles. The van der Waals surface area contributed by atoms with Gasteiger partial charge in [-0.15, -0.1) is 0 Å². The fourth-order valence-electron chi connectivity index (χ4n) is 2.90. The number of aryl methyl sites for hydroxylation is 3. The van der Waals surface area contributed by atoms with Gasteiger partial charge in [0.15, 0.2) is 5.82 Å². The van der Waals surface area contributed by atoms with E-state index in [1.165, 1.54) is 0 Å². The van der Waals surface area contributed by atoms with Gasteiger partial charge in [-0.3, -0.25) is 14.3 Å². The van der Waals surface area contributed by atoms with Gasteiger partial charge in [0.25, 0.3) is 0 Å². The molecule has 1 aliphatic heterocycles. The smallest absolute Gasteiger partial charge is 0.230 e. The summed E-state index contributed by atoms with van der Waals surface area (Å²) in [6.07, 6.45) is 0.554. The lowest BCUT2D eigenvalue weighted by Gasteiger charge is -2.20. The Bertz CT molecular complexity index is 770. The topological polar surface area (TPSA) is 102 Å². The molecule has 0 bridgehead atoms. The summed E-state index contributed by atoms with van der Waals surface area (Å²) >= 11 is 0. The number of amides is 2. The Morgan fingerprint density at radius 2 is 2.22 bits per heavy atom. The first-order valence-corrected chi connectivity index (χ1v) is 7.45. The molecular formula is C15H19N5O3. The molecule has 1 atom stereocenters. The second-order valence-corrected chi connectivity index (χ2v) is 5.92. The van der Waals surface area contributed by atoms with E-state index in [1.807, 2.05) is 6.92 Å². The van der Waals surface area contributed by atoms with Gasteiger partial charge in [-0.25, -0.2) is 0 Å². The van der Waals surface area contributed by atoms with E-state index in [4.69, 9.17) is 4.52 Å². The van der Waals surface area contributed by atoms with E-state index in [9.17, 15) is 9.59 Å². The zero-order valence-corrected chi connectivity index (χ0v) is 13.6. The lowest BCUT2D eigenvalue weighted by Crippen LogP contribution is -2.23. The molecule has 0 aromatic carbocycles. The quantitative estimate of drug-likeness (QED) is 0.896. The minimum atomic E-state index is -0.190. The van der Waals surface area contributed by atoms with Crippen LogP contribution in [0.2, 0.25) is 0 Å². The molecule has 1 aliphatic rings. The first-order valence-electron chi connectivity index (χ1n) is 7.45. The molecule has 3 rings (SSSR count). The molecule has 0 radical (unpaired) electrons. The largest absolute Gasteiger partial charge is 0.361 e. The third-order valence-corrected chi connectivity index (χ3v) is 4.10. The van der Waals surface area contributed by atoms with Gasteiger partial charge in [0, 0.05) is 24.6 Å². The van der Waals surface area contributed by atoms with Crippen LogP contribution in [0.15, 0.2) is 4.52 Å². The molecule has 2 aromatic rings. The van der Waals surface area contributed by atoms with Crippen molar-refractivity contribution in [3.63, 3.8) is 0 Å². The van der Waals surface area contributed by atoms with Gasteiger partial charge in [-0.05, 0) is 19.8 Å². The van der Waals surface area contributed by atoms with Crippen LogP contribution in [0, 0.1) is 13.8 Å². The summed E-state index contributed by atoms with van der Waals surface area (Å²) in [6, 6.07) is 0. The number of hydrogen-bond donors (Lipinski definition) is 2. The zero-order valence-electron chi connectivity index (χ0n) is 13.6. The number of aromatic nitrogens is 3. The number of carbonyl (C=O) groups excluding carboxylic acids is 2. The van der Waals surface area contributed by atoms with Crippen molar-refractivity contribution in [2.75, 3.05) is 10.6 Å². The maximum atomic E-state index is 12.3. The number of fused-ring (bicyclic) bond motifs is 1. The molecule has 8 heteroatoms. The van der Waals surface area contributed by atoms with Crippen LogP contribution < -0.4 is 10.6 Å². The van der Waals surface area contributed by atoms with Crippen LogP contribution in [-0.4, -0.2) is 26.8 Å². The van der Waals surface area contributed by atoms with Gasteiger partial charge in [0.1, 0.15) is 11.6 Å². The van der Waals surface area contributed by atoms with E-state index in [-0.39, 0.29) is 24.2 Å². The second-order valence-electron chi connectivity index (χ2n) is 5.92. The second kappa shape index (κ2) is 5.53. The molecule has 2 aromatic heterocycles. The minimum Gasteiger partial charge on any atom is -0.361 e. The molecule has 2 amide bonds. The van der Waals surface area contributed by atoms with Crippen LogP contribution in [0.5, 0.6) is 0 Å². The first kappa shape index (κ1) is 15.3. The van der Waals surface area contributed by atoms with Crippen LogP contribution in [0.25, 0.3) is 0 Å². The van der Waals surface area contributed by atoms with E-state index < -0.39 is 0 Å². The highest BCUT2D eigenvalue weighted by Gasteiger charge is 2.29. The van der Waals surface area contributed by atoms with Crippen LogP contribution in [-0.2, 0) is 23.1 Å². The summed E-state index contributed by atoms with van der Waals surface area (Å²) in [6.45, 7) is 5.53. The van der Waals surface area contributed by atoms with Gasteiger partial charge < -0.3 is 15.2 Å². The highest BCUT2D eigenvalue weighted by Crippen LogP contribution is 2.36. The molecule has 0 saturated heterocycles. The lowest BCUT2D eigenvalue weighted by atomic mass is 9.95. The number of carbonyl (C=O) groups is 2. The van der Waals surface area contributed by atoms with E-state index in [1.54, 1.807) is 25.6 Å². The van der Waals surface area contributed by atoms with Gasteiger partial charge >= 0.3 is 0 Å². The number of nitrogens with zero attached hydrogens (tertiary/aromatic N) is 3. The summed E-state index contributed by atoms with van der Waals surface area (Å²) in [5, 5.41) is 13.8.